The van der Waals surface area contributed by atoms with E-state index in [1.54, 1.807) is 7.11 Å². The van der Waals surface area contributed by atoms with Crippen molar-refractivity contribution in [1.82, 2.24) is 0 Å². The Morgan fingerprint density at radius 2 is 1.61 bits per heavy atom. The maximum Gasteiger partial charge on any atom is 0.123 e. The first-order chi connectivity index (χ1) is 8.69. The third kappa shape index (κ3) is 3.04. The highest BCUT2D eigenvalue weighted by Crippen LogP contribution is 2.21. The van der Waals surface area contributed by atoms with Gasteiger partial charge in [-0.3, -0.25) is 0 Å². The number of rotatable bonds is 4. The molecule has 0 aromatic heterocycles. The van der Waals surface area contributed by atoms with Crippen LogP contribution in [-0.2, 0) is 6.54 Å². The second-order valence-corrected chi connectivity index (χ2v) is 4.53. The van der Waals surface area contributed by atoms with Crippen molar-refractivity contribution >= 4 is 5.69 Å². The molecule has 2 heteroatoms. The summed E-state index contributed by atoms with van der Waals surface area (Å²) in [4.78, 5) is 0. The van der Waals surface area contributed by atoms with E-state index in [1.165, 1.54) is 16.7 Å². The van der Waals surface area contributed by atoms with Gasteiger partial charge < -0.3 is 10.1 Å². The molecule has 0 aliphatic heterocycles. The first kappa shape index (κ1) is 12.5. The highest BCUT2D eigenvalue weighted by molar-refractivity contribution is 5.46. The molecular weight excluding hydrogens is 222 g/mol. The first-order valence-electron chi connectivity index (χ1n) is 6.13. The van der Waals surface area contributed by atoms with Crippen molar-refractivity contribution in [3.8, 4) is 5.75 Å². The van der Waals surface area contributed by atoms with Crippen molar-refractivity contribution in [2.75, 3.05) is 12.4 Å². The molecule has 2 aromatic carbocycles. The molecule has 0 heterocycles. The largest absolute Gasteiger partial charge is 0.496 e. The number of benzene rings is 2. The summed E-state index contributed by atoms with van der Waals surface area (Å²) in [7, 11) is 1.71. The smallest absolute Gasteiger partial charge is 0.123 e. The van der Waals surface area contributed by atoms with Crippen LogP contribution in [0.2, 0.25) is 0 Å². The summed E-state index contributed by atoms with van der Waals surface area (Å²) < 4.78 is 5.37. The third-order valence-corrected chi connectivity index (χ3v) is 2.97. The fraction of sp³-hybridized carbons (Fsp3) is 0.250. The van der Waals surface area contributed by atoms with E-state index in [0.717, 1.165) is 18.0 Å². The summed E-state index contributed by atoms with van der Waals surface area (Å²) in [6, 6.07) is 14.6. The van der Waals surface area contributed by atoms with Crippen LogP contribution in [0.3, 0.4) is 0 Å². The van der Waals surface area contributed by atoms with Crippen LogP contribution in [0.5, 0.6) is 5.75 Å². The Morgan fingerprint density at radius 3 is 2.28 bits per heavy atom. The molecule has 0 bridgehead atoms. The average Bonchev–Trinajstić information content (AvgIpc) is 2.38. The zero-order chi connectivity index (χ0) is 13.0. The van der Waals surface area contributed by atoms with E-state index >= 15 is 0 Å². The lowest BCUT2D eigenvalue weighted by molar-refractivity contribution is 0.410. The minimum Gasteiger partial charge on any atom is -0.496 e. The van der Waals surface area contributed by atoms with Crippen LogP contribution >= 0.6 is 0 Å². The normalized spacial score (nSPS) is 10.2. The lowest BCUT2D eigenvalue weighted by Gasteiger charge is -2.11. The molecule has 1 N–H and O–H groups in total. The highest BCUT2D eigenvalue weighted by atomic mass is 16.5. The van der Waals surface area contributed by atoms with Crippen molar-refractivity contribution in [2.45, 2.75) is 20.4 Å². The molecule has 0 saturated carbocycles. The molecule has 0 saturated heterocycles. The van der Waals surface area contributed by atoms with Crippen LogP contribution in [-0.4, -0.2) is 7.11 Å². The Bertz CT molecular complexity index is 517. The van der Waals surface area contributed by atoms with Gasteiger partial charge in [-0.1, -0.05) is 35.4 Å². The number of hydrogen-bond acceptors (Lipinski definition) is 2. The monoisotopic (exact) mass is 241 g/mol. The van der Waals surface area contributed by atoms with Gasteiger partial charge in [-0.2, -0.15) is 0 Å². The quantitative estimate of drug-likeness (QED) is 0.875. The maximum atomic E-state index is 5.37. The summed E-state index contributed by atoms with van der Waals surface area (Å²) in [5.74, 6) is 0.931. The molecule has 0 amide bonds. The Hall–Kier alpha value is -1.96. The average molecular weight is 241 g/mol. The molecule has 2 nitrogen and oxygen atoms in total. The van der Waals surface area contributed by atoms with Gasteiger partial charge in [0.2, 0.25) is 0 Å². The molecule has 0 fully saturated rings. The van der Waals surface area contributed by atoms with E-state index in [1.807, 2.05) is 6.07 Å². The van der Waals surface area contributed by atoms with Gasteiger partial charge in [0.05, 0.1) is 7.11 Å². The van der Waals surface area contributed by atoms with Crippen molar-refractivity contribution in [1.29, 1.82) is 0 Å². The zero-order valence-corrected chi connectivity index (χ0v) is 11.2. The zero-order valence-electron chi connectivity index (χ0n) is 11.2. The Balaban J connectivity index is 2.09. The minimum atomic E-state index is 0.772. The van der Waals surface area contributed by atoms with Gasteiger partial charge in [0.1, 0.15) is 5.75 Å². The van der Waals surface area contributed by atoms with Crippen molar-refractivity contribution in [2.24, 2.45) is 0 Å². The van der Waals surface area contributed by atoms with Gasteiger partial charge in [-0.25, -0.2) is 0 Å². The lowest BCUT2D eigenvalue weighted by atomic mass is 10.1. The fourth-order valence-corrected chi connectivity index (χ4v) is 1.91. The van der Waals surface area contributed by atoms with Gasteiger partial charge in [-0.05, 0) is 32.0 Å². The van der Waals surface area contributed by atoms with Gasteiger partial charge in [-0.15, -0.1) is 0 Å². The summed E-state index contributed by atoms with van der Waals surface area (Å²) in [5, 5.41) is 3.41. The van der Waals surface area contributed by atoms with E-state index in [9.17, 15) is 0 Å². The van der Waals surface area contributed by atoms with Crippen LogP contribution in [0.25, 0.3) is 0 Å². The van der Waals surface area contributed by atoms with Crippen LogP contribution in [0.15, 0.2) is 42.5 Å². The van der Waals surface area contributed by atoms with E-state index in [0.29, 0.717) is 0 Å². The Kier molecular flexibility index (Phi) is 3.88. The second-order valence-electron chi connectivity index (χ2n) is 4.53. The van der Waals surface area contributed by atoms with Crippen molar-refractivity contribution in [3.63, 3.8) is 0 Å². The Labute approximate surface area is 109 Å². The predicted molar refractivity (Wildman–Crippen MR) is 76.2 cm³/mol. The Morgan fingerprint density at radius 1 is 0.944 bits per heavy atom. The number of anilines is 1. The van der Waals surface area contributed by atoms with E-state index in [2.05, 4.69) is 55.6 Å². The first-order valence-corrected chi connectivity index (χ1v) is 6.13. The van der Waals surface area contributed by atoms with Gasteiger partial charge in [0.25, 0.3) is 0 Å². The second kappa shape index (κ2) is 5.58. The summed E-state index contributed by atoms with van der Waals surface area (Å²) >= 11 is 0. The summed E-state index contributed by atoms with van der Waals surface area (Å²) in [6.07, 6.45) is 0. The minimum absolute atomic E-state index is 0.772. The maximum absolute atomic E-state index is 5.37. The summed E-state index contributed by atoms with van der Waals surface area (Å²) in [6.45, 7) is 4.95. The highest BCUT2D eigenvalue weighted by Gasteiger charge is 2.02. The number of ether oxygens (including phenoxy) is 1. The molecule has 2 rings (SSSR count). The van der Waals surface area contributed by atoms with Gasteiger partial charge in [0.15, 0.2) is 0 Å². The van der Waals surface area contributed by atoms with Crippen LogP contribution in [0.1, 0.15) is 16.7 Å². The SMILES string of the molecule is COc1ccc(C)cc1CNc1ccc(C)cc1. The van der Waals surface area contributed by atoms with E-state index < -0.39 is 0 Å². The van der Waals surface area contributed by atoms with Crippen LogP contribution in [0, 0.1) is 13.8 Å². The van der Waals surface area contributed by atoms with Crippen molar-refractivity contribution in [3.05, 3.63) is 59.2 Å². The fourth-order valence-electron chi connectivity index (χ4n) is 1.91. The van der Waals surface area contributed by atoms with Gasteiger partial charge >= 0.3 is 0 Å². The molecule has 2 aromatic rings. The van der Waals surface area contributed by atoms with Crippen LogP contribution < -0.4 is 10.1 Å². The lowest BCUT2D eigenvalue weighted by Crippen LogP contribution is -2.02. The topological polar surface area (TPSA) is 21.3 Å². The molecule has 18 heavy (non-hydrogen) atoms. The molecule has 0 unspecified atom stereocenters. The molecule has 0 aliphatic rings. The van der Waals surface area contributed by atoms with Crippen LogP contribution in [0.4, 0.5) is 5.69 Å². The number of hydrogen-bond donors (Lipinski definition) is 1. The summed E-state index contributed by atoms with van der Waals surface area (Å²) in [5.41, 5.74) is 4.83. The molecule has 0 aliphatic carbocycles. The molecule has 0 atom stereocenters. The molecule has 94 valence electrons. The number of methoxy groups -OCH3 is 1. The number of aryl methyl sites for hydroxylation is 2. The van der Waals surface area contributed by atoms with Gasteiger partial charge in [0, 0.05) is 17.8 Å². The van der Waals surface area contributed by atoms with E-state index in [4.69, 9.17) is 4.74 Å². The third-order valence-electron chi connectivity index (χ3n) is 2.97. The predicted octanol–water partition coefficient (Wildman–Crippen LogP) is 3.92. The standard InChI is InChI=1S/C16H19NO/c1-12-4-7-15(8-5-12)17-11-14-10-13(2)6-9-16(14)18-3/h4-10,17H,11H2,1-3H3. The molecule has 0 radical (unpaired) electrons. The van der Waals surface area contributed by atoms with Crippen molar-refractivity contribution < 1.29 is 4.74 Å². The molecule has 0 spiro atoms. The number of nitrogens with one attached hydrogen (secondary N) is 1. The van der Waals surface area contributed by atoms with E-state index in [-0.39, 0.29) is 0 Å². The molecular formula is C16H19NO.